The van der Waals surface area contributed by atoms with E-state index in [1.54, 1.807) is 6.92 Å². The lowest BCUT2D eigenvalue weighted by Crippen LogP contribution is -2.37. The predicted molar refractivity (Wildman–Crippen MR) is 77.1 cm³/mol. The van der Waals surface area contributed by atoms with Crippen molar-refractivity contribution in [3.8, 4) is 0 Å². The maximum atomic E-state index is 12.3. The lowest BCUT2D eigenvalue weighted by molar-refractivity contribution is 0.0692. The van der Waals surface area contributed by atoms with Crippen LogP contribution in [-0.2, 0) is 10.0 Å². The van der Waals surface area contributed by atoms with Crippen molar-refractivity contribution in [1.82, 2.24) is 4.72 Å². The fourth-order valence-electron chi connectivity index (χ4n) is 1.73. The number of sulfonamides is 1. The first kappa shape index (κ1) is 16.5. The Morgan fingerprint density at radius 2 is 2.00 bits per heavy atom. The molecule has 0 amide bonds. The normalized spacial score (nSPS) is 14.8. The van der Waals surface area contributed by atoms with Gasteiger partial charge < -0.3 is 10.8 Å². The largest absolute Gasteiger partial charge is 0.478 e. The van der Waals surface area contributed by atoms with Gasteiger partial charge in [-0.05, 0) is 31.0 Å². The van der Waals surface area contributed by atoms with Crippen LogP contribution in [0.3, 0.4) is 0 Å². The van der Waals surface area contributed by atoms with E-state index < -0.39 is 16.0 Å². The van der Waals surface area contributed by atoms with Crippen LogP contribution in [0.25, 0.3) is 0 Å². The molecule has 0 spiro atoms. The number of carboxylic acids is 1. The van der Waals surface area contributed by atoms with Crippen molar-refractivity contribution < 1.29 is 18.3 Å². The third-order valence-electron chi connectivity index (χ3n) is 3.36. The molecule has 0 aliphatic rings. The second-order valence-corrected chi connectivity index (χ2v) is 6.54. The highest BCUT2D eigenvalue weighted by Gasteiger charge is 2.25. The number of hydrogen-bond donors (Lipinski definition) is 3. The predicted octanol–water partition coefficient (Wildman–Crippen LogP) is 1.68. The van der Waals surface area contributed by atoms with E-state index in [4.69, 9.17) is 10.8 Å². The molecule has 1 rings (SSSR count). The summed E-state index contributed by atoms with van der Waals surface area (Å²) in [5.74, 6) is -1.18. The fourth-order valence-corrected chi connectivity index (χ4v) is 3.26. The van der Waals surface area contributed by atoms with E-state index in [-0.39, 0.29) is 28.1 Å². The second kappa shape index (κ2) is 6.23. The third kappa shape index (κ3) is 3.71. The number of rotatable bonds is 6. The van der Waals surface area contributed by atoms with Crippen LogP contribution in [0.2, 0.25) is 0 Å². The Kier molecular flexibility index (Phi) is 5.13. The van der Waals surface area contributed by atoms with Crippen molar-refractivity contribution in [3.05, 3.63) is 23.8 Å². The molecular weight excluding hydrogens is 280 g/mol. The number of carbonyl (C=O) groups is 1. The van der Waals surface area contributed by atoms with Crippen LogP contribution < -0.4 is 10.5 Å². The van der Waals surface area contributed by atoms with Crippen molar-refractivity contribution in [3.63, 3.8) is 0 Å². The molecular formula is C13H20N2O4S. The van der Waals surface area contributed by atoms with E-state index in [0.29, 0.717) is 0 Å². The Hall–Kier alpha value is -1.60. The number of hydrogen-bond acceptors (Lipinski definition) is 4. The summed E-state index contributed by atoms with van der Waals surface area (Å²) in [6.07, 6.45) is 0.817. The Bertz CT molecular complexity index is 598. The van der Waals surface area contributed by atoms with Gasteiger partial charge in [0.1, 0.15) is 0 Å². The van der Waals surface area contributed by atoms with E-state index in [9.17, 15) is 13.2 Å². The number of nitrogens with one attached hydrogen (secondary N) is 1. The van der Waals surface area contributed by atoms with E-state index in [1.807, 2.05) is 13.8 Å². The van der Waals surface area contributed by atoms with Crippen LogP contribution in [0, 0.1) is 5.92 Å². The number of carboxylic acid groups (broad SMARTS) is 1. The van der Waals surface area contributed by atoms with Crippen LogP contribution in [0.15, 0.2) is 23.1 Å². The van der Waals surface area contributed by atoms with Crippen molar-refractivity contribution in [2.45, 2.75) is 38.1 Å². The third-order valence-corrected chi connectivity index (χ3v) is 4.98. The molecule has 4 N–H and O–H groups in total. The van der Waals surface area contributed by atoms with E-state index >= 15 is 0 Å². The summed E-state index contributed by atoms with van der Waals surface area (Å²) in [6.45, 7) is 5.64. The quantitative estimate of drug-likeness (QED) is 0.692. The number of nitrogens with two attached hydrogens (primary N) is 1. The van der Waals surface area contributed by atoms with Gasteiger partial charge in [-0.25, -0.2) is 17.9 Å². The molecule has 0 aliphatic heterocycles. The highest BCUT2D eigenvalue weighted by molar-refractivity contribution is 7.89. The summed E-state index contributed by atoms with van der Waals surface area (Å²) < 4.78 is 27.1. The summed E-state index contributed by atoms with van der Waals surface area (Å²) in [5.41, 5.74) is 5.38. The van der Waals surface area contributed by atoms with Gasteiger partial charge in [-0.3, -0.25) is 0 Å². The minimum atomic E-state index is -3.89. The summed E-state index contributed by atoms with van der Waals surface area (Å²) in [5, 5.41) is 9.10. The topological polar surface area (TPSA) is 109 Å². The zero-order valence-corrected chi connectivity index (χ0v) is 12.6. The maximum absolute atomic E-state index is 12.3. The SMILES string of the molecule is CCC(C)C(C)NS(=O)(=O)c1ccc(N)cc1C(=O)O. The highest BCUT2D eigenvalue weighted by atomic mass is 32.2. The standard InChI is InChI=1S/C13H20N2O4S/c1-4-8(2)9(3)15-20(18,19)12-6-5-10(14)7-11(12)13(16)17/h5-9,15H,4,14H2,1-3H3,(H,16,17). The van der Waals surface area contributed by atoms with Crippen LogP contribution in [0.5, 0.6) is 0 Å². The van der Waals surface area contributed by atoms with E-state index in [2.05, 4.69) is 4.72 Å². The molecule has 7 heteroatoms. The minimum absolute atomic E-state index is 0.145. The molecule has 1 aromatic carbocycles. The monoisotopic (exact) mass is 300 g/mol. The number of nitrogen functional groups attached to an aromatic ring is 1. The van der Waals surface area contributed by atoms with Gasteiger partial charge in [-0.1, -0.05) is 20.3 Å². The smallest absolute Gasteiger partial charge is 0.337 e. The highest BCUT2D eigenvalue weighted by Crippen LogP contribution is 2.20. The zero-order valence-electron chi connectivity index (χ0n) is 11.8. The van der Waals surface area contributed by atoms with Crippen molar-refractivity contribution in [1.29, 1.82) is 0 Å². The number of anilines is 1. The van der Waals surface area contributed by atoms with Gasteiger partial charge in [0, 0.05) is 11.7 Å². The average molecular weight is 300 g/mol. The van der Waals surface area contributed by atoms with E-state index in [1.165, 1.54) is 12.1 Å². The molecule has 6 nitrogen and oxygen atoms in total. The van der Waals surface area contributed by atoms with Gasteiger partial charge in [-0.2, -0.15) is 0 Å². The Labute approximate surface area is 119 Å². The molecule has 0 bridgehead atoms. The molecule has 0 fully saturated rings. The Morgan fingerprint density at radius 1 is 1.40 bits per heavy atom. The van der Waals surface area contributed by atoms with Crippen LogP contribution in [0.1, 0.15) is 37.6 Å². The first-order chi connectivity index (χ1) is 9.19. The average Bonchev–Trinajstić information content (AvgIpc) is 2.36. The minimum Gasteiger partial charge on any atom is -0.478 e. The molecule has 0 saturated heterocycles. The van der Waals surface area contributed by atoms with Gasteiger partial charge in [0.05, 0.1) is 10.5 Å². The van der Waals surface area contributed by atoms with Gasteiger partial charge in [-0.15, -0.1) is 0 Å². The van der Waals surface area contributed by atoms with Crippen LogP contribution >= 0.6 is 0 Å². The maximum Gasteiger partial charge on any atom is 0.337 e. The number of aromatic carboxylic acids is 1. The molecule has 0 aromatic heterocycles. The summed E-state index contributed by atoms with van der Waals surface area (Å²) in [7, 11) is -3.89. The fraction of sp³-hybridized carbons (Fsp3) is 0.462. The first-order valence-electron chi connectivity index (χ1n) is 6.34. The first-order valence-corrected chi connectivity index (χ1v) is 7.82. The summed E-state index contributed by atoms with van der Waals surface area (Å²) in [4.78, 5) is 10.9. The van der Waals surface area contributed by atoms with Gasteiger partial charge in [0.25, 0.3) is 0 Å². The molecule has 2 unspecified atom stereocenters. The summed E-state index contributed by atoms with van der Waals surface area (Å²) in [6, 6.07) is 3.44. The van der Waals surface area contributed by atoms with Gasteiger partial charge in [0.2, 0.25) is 10.0 Å². The van der Waals surface area contributed by atoms with Crippen molar-refractivity contribution >= 4 is 21.7 Å². The zero-order chi connectivity index (χ0) is 15.5. The van der Waals surface area contributed by atoms with Crippen molar-refractivity contribution in [2.24, 2.45) is 5.92 Å². The van der Waals surface area contributed by atoms with Crippen LogP contribution in [-0.4, -0.2) is 25.5 Å². The summed E-state index contributed by atoms with van der Waals surface area (Å²) >= 11 is 0. The van der Waals surface area contributed by atoms with Gasteiger partial charge >= 0.3 is 5.97 Å². The second-order valence-electron chi connectivity index (χ2n) is 4.86. The number of benzene rings is 1. The van der Waals surface area contributed by atoms with Gasteiger partial charge in [0.15, 0.2) is 0 Å². The molecule has 0 saturated carbocycles. The van der Waals surface area contributed by atoms with Crippen molar-refractivity contribution in [2.75, 3.05) is 5.73 Å². The Balaban J connectivity index is 3.19. The molecule has 0 radical (unpaired) electrons. The molecule has 2 atom stereocenters. The molecule has 1 aromatic rings. The molecule has 0 heterocycles. The van der Waals surface area contributed by atoms with E-state index in [0.717, 1.165) is 12.5 Å². The lowest BCUT2D eigenvalue weighted by Gasteiger charge is -2.20. The van der Waals surface area contributed by atoms with Crippen LogP contribution in [0.4, 0.5) is 5.69 Å². The Morgan fingerprint density at radius 3 is 2.50 bits per heavy atom. The lowest BCUT2D eigenvalue weighted by atomic mass is 10.0. The molecule has 112 valence electrons. The molecule has 20 heavy (non-hydrogen) atoms. The molecule has 0 aliphatic carbocycles.